The summed E-state index contributed by atoms with van der Waals surface area (Å²) in [6.45, 7) is 3.49. The lowest BCUT2D eigenvalue weighted by molar-refractivity contribution is 0.198. The Bertz CT molecular complexity index is 303. The van der Waals surface area contributed by atoms with Gasteiger partial charge in [0.15, 0.2) is 0 Å². The van der Waals surface area contributed by atoms with Crippen molar-refractivity contribution in [3.8, 4) is 0 Å². The Kier molecular flexibility index (Phi) is 2.14. The number of hydrogen-bond acceptors (Lipinski definition) is 4. The minimum atomic E-state index is -0.207. The molecule has 13 heavy (non-hydrogen) atoms. The number of aryl methyl sites for hydroxylation is 1. The normalized spacial score (nSPS) is 22.3. The van der Waals surface area contributed by atoms with Gasteiger partial charge in [-0.3, -0.25) is 4.98 Å². The summed E-state index contributed by atoms with van der Waals surface area (Å²) in [4.78, 5) is 10.5. The van der Waals surface area contributed by atoms with E-state index in [0.717, 1.165) is 24.5 Å². The second kappa shape index (κ2) is 3.30. The zero-order chi connectivity index (χ0) is 9.26. The molecule has 0 radical (unpaired) electrons. The Morgan fingerprint density at radius 1 is 1.46 bits per heavy atom. The molecule has 70 valence electrons. The van der Waals surface area contributed by atoms with E-state index < -0.39 is 0 Å². The molecule has 1 aliphatic heterocycles. The molecule has 0 aromatic carbocycles. The summed E-state index contributed by atoms with van der Waals surface area (Å²) < 4.78 is 0. The van der Waals surface area contributed by atoms with Gasteiger partial charge in [0, 0.05) is 25.5 Å². The zero-order valence-electron chi connectivity index (χ0n) is 7.64. The third-order valence-electron chi connectivity index (χ3n) is 2.32. The summed E-state index contributed by atoms with van der Waals surface area (Å²) in [5.74, 6) is 0.902. The van der Waals surface area contributed by atoms with Crippen molar-refractivity contribution in [1.29, 1.82) is 0 Å². The van der Waals surface area contributed by atoms with E-state index in [1.165, 1.54) is 0 Å². The first-order valence-electron chi connectivity index (χ1n) is 4.48. The molecule has 0 amide bonds. The van der Waals surface area contributed by atoms with Crippen LogP contribution in [0, 0.1) is 6.92 Å². The fraction of sp³-hybridized carbons (Fsp3) is 0.556. The number of β-amino-alcohol motifs (C(OH)–C–C–N with tert-alkyl or cyclic N) is 1. The van der Waals surface area contributed by atoms with Crippen LogP contribution in [0.3, 0.4) is 0 Å². The highest BCUT2D eigenvalue weighted by Gasteiger charge is 2.22. The molecule has 1 aromatic heterocycles. The average molecular weight is 179 g/mol. The van der Waals surface area contributed by atoms with E-state index in [0.29, 0.717) is 6.54 Å². The van der Waals surface area contributed by atoms with Crippen LogP contribution >= 0.6 is 0 Å². The van der Waals surface area contributed by atoms with Crippen LogP contribution in [0.15, 0.2) is 12.4 Å². The van der Waals surface area contributed by atoms with Crippen LogP contribution in [0.4, 0.5) is 5.82 Å². The molecule has 2 heterocycles. The van der Waals surface area contributed by atoms with Crippen LogP contribution in [0.5, 0.6) is 0 Å². The summed E-state index contributed by atoms with van der Waals surface area (Å²) >= 11 is 0. The number of hydrogen-bond donors (Lipinski definition) is 1. The lowest BCUT2D eigenvalue weighted by Gasteiger charge is -2.17. The standard InChI is InChI=1S/C9H13N3O/c1-7-9(11-4-3-10-7)12-5-2-8(13)6-12/h3-4,8,13H,2,5-6H2,1H3. The van der Waals surface area contributed by atoms with Gasteiger partial charge in [0.25, 0.3) is 0 Å². The number of aromatic nitrogens is 2. The third-order valence-corrected chi connectivity index (χ3v) is 2.32. The molecule has 1 fully saturated rings. The first-order chi connectivity index (χ1) is 6.27. The molecule has 1 saturated heterocycles. The van der Waals surface area contributed by atoms with E-state index in [2.05, 4.69) is 14.9 Å². The Morgan fingerprint density at radius 2 is 2.23 bits per heavy atom. The van der Waals surface area contributed by atoms with Crippen molar-refractivity contribution in [2.24, 2.45) is 0 Å². The average Bonchev–Trinajstić information content (AvgIpc) is 2.53. The maximum atomic E-state index is 9.36. The molecule has 1 unspecified atom stereocenters. The second-order valence-electron chi connectivity index (χ2n) is 3.35. The molecular formula is C9H13N3O. The van der Waals surface area contributed by atoms with E-state index in [1.807, 2.05) is 6.92 Å². The molecule has 0 aliphatic carbocycles. The van der Waals surface area contributed by atoms with Gasteiger partial charge >= 0.3 is 0 Å². The highest BCUT2D eigenvalue weighted by atomic mass is 16.3. The molecule has 4 heteroatoms. The zero-order valence-corrected chi connectivity index (χ0v) is 7.64. The van der Waals surface area contributed by atoms with Crippen LogP contribution in [0.25, 0.3) is 0 Å². The van der Waals surface area contributed by atoms with Crippen molar-refractivity contribution >= 4 is 5.82 Å². The molecule has 0 spiro atoms. The van der Waals surface area contributed by atoms with Crippen molar-refractivity contribution in [3.63, 3.8) is 0 Å². The van der Waals surface area contributed by atoms with Crippen molar-refractivity contribution in [3.05, 3.63) is 18.1 Å². The van der Waals surface area contributed by atoms with Gasteiger partial charge < -0.3 is 10.0 Å². The predicted octanol–water partition coefficient (Wildman–Crippen LogP) is 0.356. The van der Waals surface area contributed by atoms with E-state index in [9.17, 15) is 5.11 Å². The second-order valence-corrected chi connectivity index (χ2v) is 3.35. The SMILES string of the molecule is Cc1nccnc1N1CCC(O)C1. The minimum Gasteiger partial charge on any atom is -0.391 e. The molecule has 4 nitrogen and oxygen atoms in total. The molecule has 2 rings (SSSR count). The van der Waals surface area contributed by atoms with E-state index in [-0.39, 0.29) is 6.10 Å². The van der Waals surface area contributed by atoms with Crippen molar-refractivity contribution in [2.75, 3.05) is 18.0 Å². The summed E-state index contributed by atoms with van der Waals surface area (Å²) in [7, 11) is 0. The van der Waals surface area contributed by atoms with Gasteiger partial charge in [-0.1, -0.05) is 0 Å². The van der Waals surface area contributed by atoms with Crippen molar-refractivity contribution in [2.45, 2.75) is 19.4 Å². The van der Waals surface area contributed by atoms with Crippen molar-refractivity contribution < 1.29 is 5.11 Å². The molecule has 1 N–H and O–H groups in total. The quantitative estimate of drug-likeness (QED) is 0.676. The lowest BCUT2D eigenvalue weighted by Crippen LogP contribution is -2.23. The number of aliphatic hydroxyl groups is 1. The molecule has 0 saturated carbocycles. The van der Waals surface area contributed by atoms with Crippen LogP contribution < -0.4 is 4.90 Å². The minimum absolute atomic E-state index is 0.207. The number of rotatable bonds is 1. The summed E-state index contributed by atoms with van der Waals surface area (Å²) in [5.41, 5.74) is 0.927. The van der Waals surface area contributed by atoms with E-state index >= 15 is 0 Å². The first-order valence-corrected chi connectivity index (χ1v) is 4.48. The Labute approximate surface area is 77.2 Å². The molecule has 1 aromatic rings. The van der Waals surface area contributed by atoms with Crippen LogP contribution in [0.2, 0.25) is 0 Å². The largest absolute Gasteiger partial charge is 0.391 e. The first kappa shape index (κ1) is 8.44. The number of aliphatic hydroxyl groups excluding tert-OH is 1. The van der Waals surface area contributed by atoms with Gasteiger partial charge in [0.2, 0.25) is 0 Å². The maximum absolute atomic E-state index is 9.36. The smallest absolute Gasteiger partial charge is 0.150 e. The van der Waals surface area contributed by atoms with Gasteiger partial charge in [-0.2, -0.15) is 0 Å². The topological polar surface area (TPSA) is 49.2 Å². The summed E-state index contributed by atoms with van der Waals surface area (Å²) in [6.07, 6.45) is 4.00. The Morgan fingerprint density at radius 3 is 2.85 bits per heavy atom. The molecule has 1 atom stereocenters. The van der Waals surface area contributed by atoms with Crippen LogP contribution in [-0.4, -0.2) is 34.3 Å². The fourth-order valence-electron chi connectivity index (χ4n) is 1.64. The fourth-order valence-corrected chi connectivity index (χ4v) is 1.64. The highest BCUT2D eigenvalue weighted by molar-refractivity contribution is 5.43. The lowest BCUT2D eigenvalue weighted by atomic mass is 10.3. The van der Waals surface area contributed by atoms with E-state index in [1.54, 1.807) is 12.4 Å². The highest BCUT2D eigenvalue weighted by Crippen LogP contribution is 2.19. The van der Waals surface area contributed by atoms with Gasteiger partial charge in [-0.15, -0.1) is 0 Å². The van der Waals surface area contributed by atoms with Gasteiger partial charge in [-0.25, -0.2) is 4.98 Å². The van der Waals surface area contributed by atoms with Crippen LogP contribution in [-0.2, 0) is 0 Å². The third kappa shape index (κ3) is 1.62. The van der Waals surface area contributed by atoms with Gasteiger partial charge in [-0.05, 0) is 13.3 Å². The molecule has 1 aliphatic rings. The maximum Gasteiger partial charge on any atom is 0.150 e. The predicted molar refractivity (Wildman–Crippen MR) is 49.6 cm³/mol. The van der Waals surface area contributed by atoms with Crippen molar-refractivity contribution in [1.82, 2.24) is 9.97 Å². The summed E-state index contributed by atoms with van der Waals surface area (Å²) in [6, 6.07) is 0. The molecular weight excluding hydrogens is 166 g/mol. The Hall–Kier alpha value is -1.16. The van der Waals surface area contributed by atoms with Crippen LogP contribution in [0.1, 0.15) is 12.1 Å². The molecule has 0 bridgehead atoms. The monoisotopic (exact) mass is 179 g/mol. The van der Waals surface area contributed by atoms with Gasteiger partial charge in [0.05, 0.1) is 11.8 Å². The number of nitrogens with zero attached hydrogens (tertiary/aromatic N) is 3. The summed E-state index contributed by atoms with van der Waals surface area (Å²) in [5, 5.41) is 9.36. The van der Waals surface area contributed by atoms with E-state index in [4.69, 9.17) is 0 Å². The van der Waals surface area contributed by atoms with Gasteiger partial charge in [0.1, 0.15) is 5.82 Å². The number of anilines is 1. The Balaban J connectivity index is 2.21.